The highest BCUT2D eigenvalue weighted by atomic mass is 19.4. The summed E-state index contributed by atoms with van der Waals surface area (Å²) in [6.45, 7) is 1.92. The molecule has 0 atom stereocenters. The van der Waals surface area contributed by atoms with E-state index in [-0.39, 0.29) is 6.54 Å². The first kappa shape index (κ1) is 15.3. The smallest absolute Gasteiger partial charge is 0.342 e. The van der Waals surface area contributed by atoms with Crippen LogP contribution in [0.5, 0.6) is 0 Å². The molecule has 1 heterocycles. The lowest BCUT2D eigenvalue weighted by atomic mass is 10.1. The second kappa shape index (κ2) is 5.57. The van der Waals surface area contributed by atoms with E-state index in [9.17, 15) is 18.0 Å². The van der Waals surface area contributed by atoms with Gasteiger partial charge < -0.3 is 4.57 Å². The molecular formula is C18H14F3NO. The summed E-state index contributed by atoms with van der Waals surface area (Å²) in [5.74, 6) is 0. The van der Waals surface area contributed by atoms with Crippen LogP contribution in [0, 0.1) is 6.92 Å². The number of rotatable bonds is 3. The molecule has 1 aromatic heterocycles. The molecular weight excluding hydrogens is 303 g/mol. The van der Waals surface area contributed by atoms with E-state index in [0.717, 1.165) is 29.3 Å². The van der Waals surface area contributed by atoms with Gasteiger partial charge in [-0.1, -0.05) is 29.8 Å². The number of carbonyl (C=O) groups is 1. The molecule has 0 unspecified atom stereocenters. The summed E-state index contributed by atoms with van der Waals surface area (Å²) in [6.07, 6.45) is -1.93. The third-order valence-electron chi connectivity index (χ3n) is 3.76. The standard InChI is InChI=1S/C18H14F3NO/c1-12-6-13(8-15(7-12)18(19,20)21)9-22-10-14(11-23)16-4-2-3-5-17(16)22/h2-8,10-11H,9H2,1H3. The number of nitrogens with zero attached hydrogens (tertiary/aromatic N) is 1. The number of fused-ring (bicyclic) bond motifs is 1. The second-order valence-corrected chi connectivity index (χ2v) is 5.55. The third kappa shape index (κ3) is 2.99. The molecule has 3 rings (SSSR count). The highest BCUT2D eigenvalue weighted by Gasteiger charge is 2.30. The van der Waals surface area contributed by atoms with E-state index in [0.29, 0.717) is 16.7 Å². The number of para-hydroxylation sites is 1. The molecule has 5 heteroatoms. The summed E-state index contributed by atoms with van der Waals surface area (Å²) in [5, 5.41) is 0.797. The molecule has 0 saturated heterocycles. The van der Waals surface area contributed by atoms with Gasteiger partial charge in [0.1, 0.15) is 0 Å². The largest absolute Gasteiger partial charge is 0.416 e. The van der Waals surface area contributed by atoms with Gasteiger partial charge in [0, 0.05) is 29.2 Å². The van der Waals surface area contributed by atoms with Crippen LogP contribution < -0.4 is 0 Å². The van der Waals surface area contributed by atoms with Crippen LogP contribution in [0.25, 0.3) is 10.9 Å². The number of aromatic nitrogens is 1. The van der Waals surface area contributed by atoms with Crippen LogP contribution in [0.15, 0.2) is 48.7 Å². The molecule has 0 bridgehead atoms. The predicted molar refractivity (Wildman–Crippen MR) is 82.6 cm³/mol. The molecule has 0 N–H and O–H groups in total. The van der Waals surface area contributed by atoms with Crippen LogP contribution in [0.4, 0.5) is 13.2 Å². The Kier molecular flexibility index (Phi) is 3.72. The summed E-state index contributed by atoms with van der Waals surface area (Å²) >= 11 is 0. The van der Waals surface area contributed by atoms with Crippen molar-refractivity contribution in [3.8, 4) is 0 Å². The van der Waals surface area contributed by atoms with Gasteiger partial charge in [0.2, 0.25) is 0 Å². The molecule has 0 amide bonds. The lowest BCUT2D eigenvalue weighted by molar-refractivity contribution is -0.137. The minimum Gasteiger partial charge on any atom is -0.342 e. The highest BCUT2D eigenvalue weighted by Crippen LogP contribution is 2.31. The van der Waals surface area contributed by atoms with Gasteiger partial charge in [-0.25, -0.2) is 0 Å². The first-order valence-electron chi connectivity index (χ1n) is 7.09. The van der Waals surface area contributed by atoms with Crippen molar-refractivity contribution in [3.63, 3.8) is 0 Å². The van der Waals surface area contributed by atoms with E-state index < -0.39 is 11.7 Å². The number of aryl methyl sites for hydroxylation is 1. The van der Waals surface area contributed by atoms with Gasteiger partial charge in [-0.05, 0) is 30.7 Å². The van der Waals surface area contributed by atoms with E-state index in [1.54, 1.807) is 23.8 Å². The fourth-order valence-electron chi connectivity index (χ4n) is 2.81. The van der Waals surface area contributed by atoms with Gasteiger partial charge in [0.05, 0.1) is 5.56 Å². The van der Waals surface area contributed by atoms with Crippen LogP contribution >= 0.6 is 0 Å². The summed E-state index contributed by atoms with van der Waals surface area (Å²) in [7, 11) is 0. The minimum atomic E-state index is -4.37. The zero-order valence-electron chi connectivity index (χ0n) is 12.4. The average molecular weight is 317 g/mol. The summed E-state index contributed by atoms with van der Waals surface area (Å²) in [6, 6.07) is 11.4. The lowest BCUT2D eigenvalue weighted by Gasteiger charge is -2.12. The summed E-state index contributed by atoms with van der Waals surface area (Å²) < 4.78 is 40.6. The Bertz CT molecular complexity index is 878. The van der Waals surface area contributed by atoms with Gasteiger partial charge in [-0.2, -0.15) is 13.2 Å². The Balaban J connectivity index is 2.06. The molecule has 0 aliphatic carbocycles. The Hall–Kier alpha value is -2.56. The topological polar surface area (TPSA) is 22.0 Å². The summed E-state index contributed by atoms with van der Waals surface area (Å²) in [5.41, 5.74) is 1.81. The van der Waals surface area contributed by atoms with Crippen molar-refractivity contribution in [1.29, 1.82) is 0 Å². The van der Waals surface area contributed by atoms with E-state index in [2.05, 4.69) is 0 Å². The number of hydrogen-bond acceptors (Lipinski definition) is 1. The average Bonchev–Trinajstić information content (AvgIpc) is 2.84. The molecule has 118 valence electrons. The second-order valence-electron chi connectivity index (χ2n) is 5.55. The van der Waals surface area contributed by atoms with Gasteiger partial charge in [-0.3, -0.25) is 4.79 Å². The molecule has 0 aliphatic heterocycles. The van der Waals surface area contributed by atoms with E-state index in [1.165, 1.54) is 0 Å². The third-order valence-corrected chi connectivity index (χ3v) is 3.76. The van der Waals surface area contributed by atoms with Gasteiger partial charge in [0.25, 0.3) is 0 Å². The van der Waals surface area contributed by atoms with Crippen molar-refractivity contribution in [2.24, 2.45) is 0 Å². The molecule has 0 saturated carbocycles. The zero-order chi connectivity index (χ0) is 16.6. The number of halogens is 3. The molecule has 3 aromatic rings. The van der Waals surface area contributed by atoms with Crippen molar-refractivity contribution in [2.75, 3.05) is 0 Å². The van der Waals surface area contributed by atoms with Crippen LogP contribution in [-0.2, 0) is 12.7 Å². The maximum atomic E-state index is 12.9. The Morgan fingerprint density at radius 2 is 1.87 bits per heavy atom. The SMILES string of the molecule is Cc1cc(Cn2cc(C=O)c3ccccc32)cc(C(F)(F)F)c1. The first-order valence-corrected chi connectivity index (χ1v) is 7.09. The van der Waals surface area contributed by atoms with Crippen molar-refractivity contribution in [3.05, 3.63) is 70.9 Å². The Morgan fingerprint density at radius 3 is 2.57 bits per heavy atom. The van der Waals surface area contributed by atoms with Crippen LogP contribution in [0.1, 0.15) is 27.0 Å². The fraction of sp³-hybridized carbons (Fsp3) is 0.167. The number of aldehydes is 1. The first-order chi connectivity index (χ1) is 10.9. The molecule has 0 aliphatic rings. The lowest BCUT2D eigenvalue weighted by Crippen LogP contribution is -2.07. The molecule has 0 fully saturated rings. The van der Waals surface area contributed by atoms with Gasteiger partial charge in [0.15, 0.2) is 6.29 Å². The number of carbonyl (C=O) groups excluding carboxylic acids is 1. The molecule has 0 radical (unpaired) electrons. The highest BCUT2D eigenvalue weighted by molar-refractivity contribution is 5.97. The number of hydrogen-bond donors (Lipinski definition) is 0. The number of alkyl halides is 3. The maximum absolute atomic E-state index is 12.9. The van der Waals surface area contributed by atoms with Gasteiger partial charge >= 0.3 is 6.18 Å². The number of benzene rings is 2. The summed E-state index contributed by atoms with van der Waals surface area (Å²) in [4.78, 5) is 11.2. The van der Waals surface area contributed by atoms with E-state index in [4.69, 9.17) is 0 Å². The van der Waals surface area contributed by atoms with E-state index in [1.807, 2.05) is 24.3 Å². The normalized spacial score (nSPS) is 11.8. The zero-order valence-corrected chi connectivity index (χ0v) is 12.4. The predicted octanol–water partition coefficient (Wildman–Crippen LogP) is 4.83. The minimum absolute atomic E-state index is 0.277. The Morgan fingerprint density at radius 1 is 1.13 bits per heavy atom. The molecule has 2 aromatic carbocycles. The molecule has 23 heavy (non-hydrogen) atoms. The van der Waals surface area contributed by atoms with Crippen LogP contribution in [0.2, 0.25) is 0 Å². The van der Waals surface area contributed by atoms with E-state index >= 15 is 0 Å². The van der Waals surface area contributed by atoms with Crippen molar-refractivity contribution in [2.45, 2.75) is 19.6 Å². The van der Waals surface area contributed by atoms with Crippen LogP contribution in [0.3, 0.4) is 0 Å². The van der Waals surface area contributed by atoms with Crippen molar-refractivity contribution >= 4 is 17.2 Å². The Labute approximate surface area is 131 Å². The maximum Gasteiger partial charge on any atom is 0.416 e. The van der Waals surface area contributed by atoms with Crippen molar-refractivity contribution < 1.29 is 18.0 Å². The monoisotopic (exact) mass is 317 g/mol. The fourth-order valence-corrected chi connectivity index (χ4v) is 2.81. The quantitative estimate of drug-likeness (QED) is 0.634. The molecule has 0 spiro atoms. The van der Waals surface area contributed by atoms with Crippen LogP contribution in [-0.4, -0.2) is 10.9 Å². The van der Waals surface area contributed by atoms with Gasteiger partial charge in [-0.15, -0.1) is 0 Å². The molecule has 2 nitrogen and oxygen atoms in total. The van der Waals surface area contributed by atoms with Crippen molar-refractivity contribution in [1.82, 2.24) is 4.57 Å².